The molecule has 1 amide bonds. The smallest absolute Gasteiger partial charge is 0.257 e. The zero-order valence-electron chi connectivity index (χ0n) is 10.9. The maximum absolute atomic E-state index is 12.6. The molecule has 1 unspecified atom stereocenters. The lowest BCUT2D eigenvalue weighted by molar-refractivity contribution is 0.0792. The molecule has 1 fully saturated rings. The van der Waals surface area contributed by atoms with E-state index < -0.39 is 0 Å². The fraction of sp³-hybridized carbons (Fsp3) is 0.643. The quantitative estimate of drug-likeness (QED) is 0.847. The maximum atomic E-state index is 12.6. The fourth-order valence-corrected chi connectivity index (χ4v) is 4.45. The van der Waals surface area contributed by atoms with Gasteiger partial charge in [0.2, 0.25) is 0 Å². The first-order chi connectivity index (χ1) is 8.68. The van der Waals surface area contributed by atoms with E-state index in [1.165, 1.54) is 23.3 Å². The zero-order valence-corrected chi connectivity index (χ0v) is 11.7. The molecule has 1 saturated heterocycles. The second-order valence-corrected chi connectivity index (χ2v) is 6.61. The number of anilines is 1. The van der Waals surface area contributed by atoms with E-state index in [9.17, 15) is 4.79 Å². The second kappa shape index (κ2) is 4.57. The van der Waals surface area contributed by atoms with Gasteiger partial charge in [0.05, 0.1) is 10.6 Å². The minimum Gasteiger partial charge on any atom is -0.390 e. The Bertz CT molecular complexity index is 474. The number of thiophene rings is 1. The lowest BCUT2D eigenvalue weighted by Crippen LogP contribution is -2.29. The number of carbonyl (C=O) groups is 1. The molecule has 1 aromatic rings. The van der Waals surface area contributed by atoms with E-state index in [0.717, 1.165) is 42.9 Å². The van der Waals surface area contributed by atoms with E-state index in [4.69, 9.17) is 5.73 Å². The van der Waals surface area contributed by atoms with E-state index in [1.807, 2.05) is 4.90 Å². The summed E-state index contributed by atoms with van der Waals surface area (Å²) in [6.07, 6.45) is 5.78. The number of amides is 1. The number of hydrogen-bond acceptors (Lipinski definition) is 3. The number of carbonyl (C=O) groups excluding carboxylic acids is 1. The van der Waals surface area contributed by atoms with Crippen LogP contribution in [0.15, 0.2) is 0 Å². The maximum Gasteiger partial charge on any atom is 0.257 e. The van der Waals surface area contributed by atoms with E-state index in [-0.39, 0.29) is 5.91 Å². The van der Waals surface area contributed by atoms with Gasteiger partial charge >= 0.3 is 0 Å². The highest BCUT2D eigenvalue weighted by Crippen LogP contribution is 2.42. The van der Waals surface area contributed by atoms with Crippen LogP contribution in [0.2, 0.25) is 0 Å². The Labute approximate surface area is 112 Å². The third-order valence-electron chi connectivity index (χ3n) is 4.19. The predicted molar refractivity (Wildman–Crippen MR) is 75.2 cm³/mol. The van der Waals surface area contributed by atoms with Gasteiger partial charge in [-0.25, -0.2) is 0 Å². The number of rotatable bonds is 1. The first-order valence-electron chi connectivity index (χ1n) is 6.88. The average Bonchev–Trinajstić information content (AvgIpc) is 2.95. The van der Waals surface area contributed by atoms with Crippen LogP contribution in [-0.4, -0.2) is 23.9 Å². The Balaban J connectivity index is 2.00. The molecule has 18 heavy (non-hydrogen) atoms. The van der Waals surface area contributed by atoms with Gasteiger partial charge in [-0.05, 0) is 43.6 Å². The first-order valence-corrected chi connectivity index (χ1v) is 7.70. The van der Waals surface area contributed by atoms with Gasteiger partial charge in [-0.15, -0.1) is 11.3 Å². The SMILES string of the molecule is CC1CCCc2sc(N)c(C(=O)N3CCCC3)c21. The molecule has 1 aromatic heterocycles. The Kier molecular flexibility index (Phi) is 3.06. The van der Waals surface area contributed by atoms with Crippen LogP contribution in [-0.2, 0) is 6.42 Å². The van der Waals surface area contributed by atoms with Gasteiger partial charge < -0.3 is 10.6 Å². The molecule has 1 aliphatic carbocycles. The number of nitrogen functional groups attached to an aromatic ring is 1. The van der Waals surface area contributed by atoms with Gasteiger partial charge in [0.15, 0.2) is 0 Å². The molecule has 1 atom stereocenters. The summed E-state index contributed by atoms with van der Waals surface area (Å²) < 4.78 is 0. The summed E-state index contributed by atoms with van der Waals surface area (Å²) in [5.41, 5.74) is 8.22. The summed E-state index contributed by atoms with van der Waals surface area (Å²) in [5.74, 6) is 0.667. The predicted octanol–water partition coefficient (Wildman–Crippen LogP) is 3.01. The molecule has 2 aliphatic rings. The monoisotopic (exact) mass is 264 g/mol. The van der Waals surface area contributed by atoms with Crippen molar-refractivity contribution in [3.63, 3.8) is 0 Å². The summed E-state index contributed by atoms with van der Waals surface area (Å²) in [5, 5.41) is 0.741. The molecule has 0 saturated carbocycles. The largest absolute Gasteiger partial charge is 0.390 e. The normalized spacial score (nSPS) is 23.2. The van der Waals surface area contributed by atoms with Crippen molar-refractivity contribution in [2.75, 3.05) is 18.8 Å². The van der Waals surface area contributed by atoms with E-state index in [1.54, 1.807) is 11.3 Å². The summed E-state index contributed by atoms with van der Waals surface area (Å²) in [6.45, 7) is 4.03. The molecule has 0 bridgehead atoms. The van der Waals surface area contributed by atoms with Gasteiger partial charge in [-0.2, -0.15) is 0 Å². The molecule has 3 nitrogen and oxygen atoms in total. The Morgan fingerprint density at radius 2 is 2.06 bits per heavy atom. The van der Waals surface area contributed by atoms with E-state index in [2.05, 4.69) is 6.92 Å². The van der Waals surface area contributed by atoms with Crippen molar-refractivity contribution < 1.29 is 4.79 Å². The van der Waals surface area contributed by atoms with Crippen molar-refractivity contribution in [2.24, 2.45) is 0 Å². The Morgan fingerprint density at radius 1 is 1.33 bits per heavy atom. The fourth-order valence-electron chi connectivity index (χ4n) is 3.23. The minimum absolute atomic E-state index is 0.177. The van der Waals surface area contributed by atoms with Crippen molar-refractivity contribution in [1.29, 1.82) is 0 Å². The number of aryl methyl sites for hydroxylation is 1. The Morgan fingerprint density at radius 3 is 2.78 bits per heavy atom. The van der Waals surface area contributed by atoms with Crippen molar-refractivity contribution in [3.05, 3.63) is 16.0 Å². The second-order valence-electron chi connectivity index (χ2n) is 5.47. The van der Waals surface area contributed by atoms with Crippen LogP contribution in [0.4, 0.5) is 5.00 Å². The third kappa shape index (κ3) is 1.83. The Hall–Kier alpha value is -1.03. The van der Waals surface area contributed by atoms with Crippen LogP contribution in [0.3, 0.4) is 0 Å². The molecule has 3 rings (SSSR count). The van der Waals surface area contributed by atoms with Crippen LogP contribution in [0, 0.1) is 0 Å². The van der Waals surface area contributed by atoms with Gasteiger partial charge in [0, 0.05) is 18.0 Å². The molecule has 0 radical (unpaired) electrons. The van der Waals surface area contributed by atoms with Crippen molar-refractivity contribution in [3.8, 4) is 0 Å². The number of fused-ring (bicyclic) bond motifs is 1. The average molecular weight is 264 g/mol. The molecule has 4 heteroatoms. The summed E-state index contributed by atoms with van der Waals surface area (Å²) in [7, 11) is 0. The zero-order chi connectivity index (χ0) is 12.7. The standard InChI is InChI=1S/C14H20N2OS/c1-9-5-4-6-10-11(9)12(13(15)18-10)14(17)16-7-2-3-8-16/h9H,2-8,15H2,1H3. The molecule has 1 aliphatic heterocycles. The summed E-state index contributed by atoms with van der Waals surface area (Å²) in [6, 6.07) is 0. The molecule has 0 spiro atoms. The topological polar surface area (TPSA) is 46.3 Å². The molecule has 98 valence electrons. The van der Waals surface area contributed by atoms with Gasteiger partial charge in [0.25, 0.3) is 5.91 Å². The van der Waals surface area contributed by atoms with E-state index >= 15 is 0 Å². The first kappa shape index (κ1) is 12.0. The number of hydrogen-bond donors (Lipinski definition) is 1. The molecule has 2 heterocycles. The van der Waals surface area contributed by atoms with Crippen LogP contribution in [0.25, 0.3) is 0 Å². The van der Waals surface area contributed by atoms with Crippen LogP contribution < -0.4 is 5.73 Å². The summed E-state index contributed by atoms with van der Waals surface area (Å²) >= 11 is 1.64. The van der Waals surface area contributed by atoms with Crippen LogP contribution in [0.5, 0.6) is 0 Å². The van der Waals surface area contributed by atoms with E-state index in [0.29, 0.717) is 5.92 Å². The van der Waals surface area contributed by atoms with Crippen molar-refractivity contribution in [2.45, 2.75) is 44.9 Å². The lowest BCUT2D eigenvalue weighted by Gasteiger charge is -2.22. The van der Waals surface area contributed by atoms with Gasteiger partial charge in [-0.1, -0.05) is 6.92 Å². The summed E-state index contributed by atoms with van der Waals surface area (Å²) in [4.78, 5) is 15.9. The number of nitrogens with two attached hydrogens (primary N) is 1. The van der Waals surface area contributed by atoms with Gasteiger partial charge in [-0.3, -0.25) is 4.79 Å². The third-order valence-corrected chi connectivity index (χ3v) is 5.28. The number of likely N-dealkylation sites (tertiary alicyclic amines) is 1. The van der Waals surface area contributed by atoms with Gasteiger partial charge in [0.1, 0.15) is 0 Å². The number of nitrogens with zero attached hydrogens (tertiary/aromatic N) is 1. The minimum atomic E-state index is 0.177. The molecule has 2 N–H and O–H groups in total. The highest BCUT2D eigenvalue weighted by molar-refractivity contribution is 7.16. The molecular formula is C14H20N2OS. The van der Waals surface area contributed by atoms with Crippen LogP contribution in [0.1, 0.15) is 59.3 Å². The highest BCUT2D eigenvalue weighted by Gasteiger charge is 2.31. The molecular weight excluding hydrogens is 244 g/mol. The highest BCUT2D eigenvalue weighted by atomic mass is 32.1. The van der Waals surface area contributed by atoms with Crippen LogP contribution >= 0.6 is 11.3 Å². The van der Waals surface area contributed by atoms with Crippen molar-refractivity contribution in [1.82, 2.24) is 4.90 Å². The van der Waals surface area contributed by atoms with Crippen molar-refractivity contribution >= 4 is 22.2 Å². The lowest BCUT2D eigenvalue weighted by atomic mass is 9.86. The molecule has 0 aromatic carbocycles.